The highest BCUT2D eigenvalue weighted by Crippen LogP contribution is 2.15. The first-order valence-electron chi connectivity index (χ1n) is 4.73. The summed E-state index contributed by atoms with van der Waals surface area (Å²) in [6.45, 7) is 7.55. The Morgan fingerprint density at radius 2 is 1.77 bits per heavy atom. The Hall–Kier alpha value is -0.860. The topological polar surface area (TPSA) is 43.4 Å². The lowest BCUT2D eigenvalue weighted by molar-refractivity contribution is -0.153. The van der Waals surface area contributed by atoms with Crippen LogP contribution in [0.4, 0.5) is 0 Å². The van der Waals surface area contributed by atoms with E-state index in [4.69, 9.17) is 4.74 Å². The Kier molecular flexibility index (Phi) is 5.35. The standard InChI is InChI=1S/C10H18O3/c1-5-8(11)9(7(3)4)10(12)13-6-2/h7,9H,5-6H2,1-4H3. The smallest absolute Gasteiger partial charge is 0.316 e. The summed E-state index contributed by atoms with van der Waals surface area (Å²) in [4.78, 5) is 22.7. The van der Waals surface area contributed by atoms with Crippen molar-refractivity contribution in [3.63, 3.8) is 0 Å². The third-order valence-electron chi connectivity index (χ3n) is 1.90. The van der Waals surface area contributed by atoms with Gasteiger partial charge in [-0.25, -0.2) is 0 Å². The molecule has 0 aromatic carbocycles. The van der Waals surface area contributed by atoms with Crippen LogP contribution in [0.15, 0.2) is 0 Å². The van der Waals surface area contributed by atoms with Gasteiger partial charge in [0, 0.05) is 6.42 Å². The molecule has 0 heterocycles. The summed E-state index contributed by atoms with van der Waals surface area (Å²) in [5.74, 6) is -0.978. The van der Waals surface area contributed by atoms with Crippen molar-refractivity contribution in [2.75, 3.05) is 6.61 Å². The number of esters is 1. The minimum Gasteiger partial charge on any atom is -0.465 e. The van der Waals surface area contributed by atoms with Crippen LogP contribution in [-0.4, -0.2) is 18.4 Å². The third kappa shape index (κ3) is 3.57. The highest BCUT2D eigenvalue weighted by Gasteiger charge is 2.29. The van der Waals surface area contributed by atoms with Crippen LogP contribution in [0, 0.1) is 11.8 Å². The molecule has 76 valence electrons. The van der Waals surface area contributed by atoms with Gasteiger partial charge in [0.2, 0.25) is 0 Å². The molecule has 1 atom stereocenters. The molecule has 0 saturated carbocycles. The Bertz CT molecular complexity index is 185. The van der Waals surface area contributed by atoms with E-state index < -0.39 is 5.92 Å². The van der Waals surface area contributed by atoms with E-state index in [1.807, 2.05) is 13.8 Å². The molecule has 0 N–H and O–H groups in total. The molecule has 0 saturated heterocycles. The first-order chi connectivity index (χ1) is 6.04. The average Bonchev–Trinajstić information content (AvgIpc) is 2.04. The lowest BCUT2D eigenvalue weighted by atomic mass is 9.90. The lowest BCUT2D eigenvalue weighted by Gasteiger charge is -2.16. The summed E-state index contributed by atoms with van der Waals surface area (Å²) >= 11 is 0. The zero-order chi connectivity index (χ0) is 10.4. The molecular weight excluding hydrogens is 168 g/mol. The molecule has 0 amide bonds. The Morgan fingerprint density at radius 3 is 2.08 bits per heavy atom. The average molecular weight is 186 g/mol. The van der Waals surface area contributed by atoms with Gasteiger partial charge in [0.15, 0.2) is 0 Å². The van der Waals surface area contributed by atoms with Crippen LogP contribution in [0.3, 0.4) is 0 Å². The van der Waals surface area contributed by atoms with E-state index in [0.717, 1.165) is 0 Å². The maximum atomic E-state index is 11.4. The Morgan fingerprint density at radius 1 is 1.23 bits per heavy atom. The van der Waals surface area contributed by atoms with Crippen LogP contribution in [-0.2, 0) is 14.3 Å². The first-order valence-corrected chi connectivity index (χ1v) is 4.73. The molecular formula is C10H18O3. The number of ether oxygens (including phenoxy) is 1. The van der Waals surface area contributed by atoms with Gasteiger partial charge < -0.3 is 4.74 Å². The second-order valence-corrected chi connectivity index (χ2v) is 3.29. The Labute approximate surface area is 79.5 Å². The van der Waals surface area contributed by atoms with E-state index in [9.17, 15) is 9.59 Å². The second kappa shape index (κ2) is 5.73. The van der Waals surface area contributed by atoms with Gasteiger partial charge in [0.25, 0.3) is 0 Å². The van der Waals surface area contributed by atoms with Gasteiger partial charge >= 0.3 is 5.97 Å². The molecule has 0 aliphatic rings. The number of Topliss-reactive ketones (excluding diaryl/α,β-unsaturated/α-hetero) is 1. The van der Waals surface area contributed by atoms with Crippen LogP contribution < -0.4 is 0 Å². The van der Waals surface area contributed by atoms with Crippen LogP contribution in [0.5, 0.6) is 0 Å². The fourth-order valence-electron chi connectivity index (χ4n) is 1.23. The van der Waals surface area contributed by atoms with E-state index in [0.29, 0.717) is 13.0 Å². The predicted octanol–water partition coefficient (Wildman–Crippen LogP) is 1.80. The molecule has 0 aliphatic carbocycles. The predicted molar refractivity (Wildman–Crippen MR) is 50.3 cm³/mol. The van der Waals surface area contributed by atoms with E-state index in [1.165, 1.54) is 0 Å². The quantitative estimate of drug-likeness (QED) is 0.485. The lowest BCUT2D eigenvalue weighted by Crippen LogP contribution is -2.30. The van der Waals surface area contributed by atoms with Crippen LogP contribution >= 0.6 is 0 Å². The summed E-state index contributed by atoms with van der Waals surface area (Å²) < 4.78 is 4.83. The zero-order valence-electron chi connectivity index (χ0n) is 8.79. The van der Waals surface area contributed by atoms with Crippen molar-refractivity contribution in [2.24, 2.45) is 11.8 Å². The summed E-state index contributed by atoms with van der Waals surface area (Å²) in [6.07, 6.45) is 0.391. The second-order valence-electron chi connectivity index (χ2n) is 3.29. The summed E-state index contributed by atoms with van der Waals surface area (Å²) in [5, 5.41) is 0. The van der Waals surface area contributed by atoms with Crippen molar-refractivity contribution in [2.45, 2.75) is 34.1 Å². The van der Waals surface area contributed by atoms with Crippen molar-refractivity contribution >= 4 is 11.8 Å². The van der Waals surface area contributed by atoms with Crippen LogP contribution in [0.2, 0.25) is 0 Å². The molecule has 0 aromatic rings. The van der Waals surface area contributed by atoms with E-state index in [-0.39, 0.29) is 17.7 Å². The third-order valence-corrected chi connectivity index (χ3v) is 1.90. The summed E-state index contributed by atoms with van der Waals surface area (Å²) in [5.41, 5.74) is 0. The van der Waals surface area contributed by atoms with Crippen molar-refractivity contribution < 1.29 is 14.3 Å². The fourth-order valence-corrected chi connectivity index (χ4v) is 1.23. The highest BCUT2D eigenvalue weighted by atomic mass is 16.5. The first kappa shape index (κ1) is 12.1. The van der Waals surface area contributed by atoms with Crippen LogP contribution in [0.1, 0.15) is 34.1 Å². The molecule has 3 heteroatoms. The molecule has 0 fully saturated rings. The van der Waals surface area contributed by atoms with Gasteiger partial charge in [-0.2, -0.15) is 0 Å². The van der Waals surface area contributed by atoms with Crippen LogP contribution in [0.25, 0.3) is 0 Å². The molecule has 3 nitrogen and oxygen atoms in total. The number of hydrogen-bond acceptors (Lipinski definition) is 3. The fraction of sp³-hybridized carbons (Fsp3) is 0.800. The van der Waals surface area contributed by atoms with Gasteiger partial charge in [0.05, 0.1) is 6.61 Å². The maximum Gasteiger partial charge on any atom is 0.316 e. The molecule has 0 rings (SSSR count). The minimum atomic E-state index is -0.579. The van der Waals surface area contributed by atoms with Crippen molar-refractivity contribution in [3.8, 4) is 0 Å². The largest absolute Gasteiger partial charge is 0.465 e. The number of rotatable bonds is 5. The van der Waals surface area contributed by atoms with Gasteiger partial charge in [-0.05, 0) is 12.8 Å². The molecule has 1 unspecified atom stereocenters. The van der Waals surface area contributed by atoms with Crippen molar-refractivity contribution in [1.82, 2.24) is 0 Å². The number of hydrogen-bond donors (Lipinski definition) is 0. The van der Waals surface area contributed by atoms with Gasteiger partial charge in [-0.15, -0.1) is 0 Å². The van der Waals surface area contributed by atoms with Gasteiger partial charge in [-0.1, -0.05) is 20.8 Å². The van der Waals surface area contributed by atoms with Crippen molar-refractivity contribution in [3.05, 3.63) is 0 Å². The minimum absolute atomic E-state index is 0.0199. The molecule has 0 spiro atoms. The molecule has 0 radical (unpaired) electrons. The maximum absolute atomic E-state index is 11.4. The molecule has 13 heavy (non-hydrogen) atoms. The normalized spacial score (nSPS) is 12.7. The summed E-state index contributed by atoms with van der Waals surface area (Å²) in [7, 11) is 0. The number of carbonyl (C=O) groups is 2. The SMILES string of the molecule is CCOC(=O)C(C(=O)CC)C(C)C. The Balaban J connectivity index is 4.41. The number of ketones is 1. The van der Waals surface area contributed by atoms with E-state index in [1.54, 1.807) is 13.8 Å². The van der Waals surface area contributed by atoms with Gasteiger partial charge in [-0.3, -0.25) is 9.59 Å². The van der Waals surface area contributed by atoms with E-state index in [2.05, 4.69) is 0 Å². The molecule has 0 bridgehead atoms. The van der Waals surface area contributed by atoms with Crippen molar-refractivity contribution in [1.29, 1.82) is 0 Å². The molecule has 0 aromatic heterocycles. The van der Waals surface area contributed by atoms with E-state index >= 15 is 0 Å². The molecule has 0 aliphatic heterocycles. The number of carbonyl (C=O) groups excluding carboxylic acids is 2. The highest BCUT2D eigenvalue weighted by molar-refractivity contribution is 5.99. The van der Waals surface area contributed by atoms with Gasteiger partial charge in [0.1, 0.15) is 11.7 Å². The monoisotopic (exact) mass is 186 g/mol. The summed E-state index contributed by atoms with van der Waals surface area (Å²) in [6, 6.07) is 0. The zero-order valence-corrected chi connectivity index (χ0v) is 8.79.